The minimum Gasteiger partial charge on any atom is -0.236 e. The molecule has 0 unspecified atom stereocenters. The van der Waals surface area contributed by atoms with E-state index in [-0.39, 0.29) is 4.90 Å². The van der Waals surface area contributed by atoms with Gasteiger partial charge in [0.2, 0.25) is 0 Å². The van der Waals surface area contributed by atoms with Crippen LogP contribution in [0.25, 0.3) is 22.2 Å². The van der Waals surface area contributed by atoms with Gasteiger partial charge in [-0.1, -0.05) is 48.5 Å². The lowest BCUT2D eigenvalue weighted by Crippen LogP contribution is -2.12. The van der Waals surface area contributed by atoms with E-state index in [9.17, 15) is 8.42 Å². The molecule has 0 saturated carbocycles. The quantitative estimate of drug-likeness (QED) is 0.489. The van der Waals surface area contributed by atoms with E-state index >= 15 is 0 Å². The van der Waals surface area contributed by atoms with Crippen molar-refractivity contribution in [2.75, 3.05) is 0 Å². The predicted octanol–water partition coefficient (Wildman–Crippen LogP) is 4.70. The minimum atomic E-state index is -3.73. The lowest BCUT2D eigenvalue weighted by Gasteiger charge is -2.06. The molecule has 0 N–H and O–H groups in total. The Morgan fingerprint density at radius 2 is 1.56 bits per heavy atom. The highest BCUT2D eigenvalue weighted by atomic mass is 79.9. The Labute approximate surface area is 153 Å². The maximum absolute atomic E-state index is 13.1. The second kappa shape index (κ2) is 6.13. The third kappa shape index (κ3) is 2.77. The highest BCUT2D eigenvalue weighted by molar-refractivity contribution is 9.10. The zero-order valence-corrected chi connectivity index (χ0v) is 15.4. The Morgan fingerprint density at radius 1 is 0.920 bits per heavy atom. The van der Waals surface area contributed by atoms with E-state index in [1.54, 1.807) is 42.7 Å². The second-order valence-corrected chi connectivity index (χ2v) is 8.28. The van der Waals surface area contributed by atoms with Crippen molar-refractivity contribution in [3.8, 4) is 11.1 Å². The van der Waals surface area contributed by atoms with Gasteiger partial charge in [-0.25, -0.2) is 17.4 Å². The Bertz CT molecular complexity index is 1150. The summed E-state index contributed by atoms with van der Waals surface area (Å²) in [6.45, 7) is 0. The number of hydrogen-bond donors (Lipinski definition) is 0. The number of aromatic nitrogens is 2. The van der Waals surface area contributed by atoms with Gasteiger partial charge in [-0.3, -0.25) is 0 Å². The first-order valence-electron chi connectivity index (χ1n) is 7.60. The largest absolute Gasteiger partial charge is 0.269 e. The normalized spacial score (nSPS) is 11.7. The number of halogens is 1. The summed E-state index contributed by atoms with van der Waals surface area (Å²) in [6.07, 6.45) is 3.25. The number of pyridine rings is 1. The lowest BCUT2D eigenvalue weighted by molar-refractivity contribution is 0.589. The Kier molecular flexibility index (Phi) is 3.94. The van der Waals surface area contributed by atoms with Crippen LogP contribution in [0.2, 0.25) is 0 Å². The van der Waals surface area contributed by atoms with Gasteiger partial charge in [0, 0.05) is 27.8 Å². The fourth-order valence-corrected chi connectivity index (χ4v) is 4.47. The summed E-state index contributed by atoms with van der Waals surface area (Å²) in [5.74, 6) is 0. The molecule has 4 aromatic rings. The van der Waals surface area contributed by atoms with Gasteiger partial charge in [0.05, 0.1) is 4.90 Å². The molecule has 0 spiro atoms. The van der Waals surface area contributed by atoms with E-state index in [4.69, 9.17) is 0 Å². The zero-order chi connectivity index (χ0) is 17.4. The molecular formula is C19H13BrN2O2S. The Morgan fingerprint density at radius 3 is 2.24 bits per heavy atom. The van der Waals surface area contributed by atoms with E-state index < -0.39 is 10.0 Å². The summed E-state index contributed by atoms with van der Waals surface area (Å²) in [5.41, 5.74) is 2.17. The van der Waals surface area contributed by atoms with Crippen LogP contribution in [0.1, 0.15) is 0 Å². The number of fused-ring (bicyclic) bond motifs is 1. The maximum Gasteiger partial charge on any atom is 0.269 e. The second-order valence-electron chi connectivity index (χ2n) is 5.55. The smallest absolute Gasteiger partial charge is 0.236 e. The van der Waals surface area contributed by atoms with Gasteiger partial charge in [-0.05, 0) is 39.7 Å². The fraction of sp³-hybridized carbons (Fsp3) is 0. The minimum absolute atomic E-state index is 0.233. The summed E-state index contributed by atoms with van der Waals surface area (Å²) in [6, 6.07) is 20.0. The van der Waals surface area contributed by atoms with E-state index in [2.05, 4.69) is 20.9 Å². The van der Waals surface area contributed by atoms with Crippen molar-refractivity contribution in [2.24, 2.45) is 0 Å². The third-order valence-corrected chi connectivity index (χ3v) is 6.06. The summed E-state index contributed by atoms with van der Waals surface area (Å²) < 4.78 is 28.2. The van der Waals surface area contributed by atoms with Crippen molar-refractivity contribution in [2.45, 2.75) is 4.90 Å². The topological polar surface area (TPSA) is 52.0 Å². The predicted molar refractivity (Wildman–Crippen MR) is 102 cm³/mol. The van der Waals surface area contributed by atoms with Crippen LogP contribution in [0, 0.1) is 0 Å². The number of rotatable bonds is 3. The summed E-state index contributed by atoms with van der Waals surface area (Å²) in [4.78, 5) is 4.59. The molecule has 0 bridgehead atoms. The van der Waals surface area contributed by atoms with Crippen LogP contribution in [0.5, 0.6) is 0 Å². The zero-order valence-electron chi connectivity index (χ0n) is 13.0. The molecule has 2 aromatic carbocycles. The standard InChI is InChI=1S/C19H13BrN2O2S/c20-15-11-17-18(14-7-3-1-4-8-14)13-22(19(17)21-12-15)25(23,24)16-9-5-2-6-10-16/h1-13H. The number of hydrogen-bond acceptors (Lipinski definition) is 3. The van der Waals surface area contributed by atoms with Crippen LogP contribution in [0.3, 0.4) is 0 Å². The highest BCUT2D eigenvalue weighted by Gasteiger charge is 2.22. The van der Waals surface area contributed by atoms with Gasteiger partial charge in [-0.15, -0.1) is 0 Å². The molecule has 0 fully saturated rings. The van der Waals surface area contributed by atoms with Crippen LogP contribution in [-0.4, -0.2) is 17.4 Å². The molecule has 0 aliphatic heterocycles. The van der Waals surface area contributed by atoms with Crippen LogP contribution in [0.15, 0.2) is 88.5 Å². The molecule has 0 amide bonds. The fourth-order valence-electron chi connectivity index (χ4n) is 2.79. The van der Waals surface area contributed by atoms with E-state index in [0.29, 0.717) is 5.65 Å². The molecule has 2 aromatic heterocycles. The van der Waals surface area contributed by atoms with Crippen molar-refractivity contribution in [1.82, 2.24) is 8.96 Å². The Balaban J connectivity index is 2.04. The molecule has 4 rings (SSSR count). The van der Waals surface area contributed by atoms with E-state index in [0.717, 1.165) is 21.0 Å². The molecule has 0 radical (unpaired) electrons. The molecule has 25 heavy (non-hydrogen) atoms. The highest BCUT2D eigenvalue weighted by Crippen LogP contribution is 2.33. The van der Waals surface area contributed by atoms with Crippen LogP contribution < -0.4 is 0 Å². The summed E-state index contributed by atoms with van der Waals surface area (Å²) >= 11 is 3.42. The maximum atomic E-state index is 13.1. The average molecular weight is 413 g/mol. The van der Waals surface area contributed by atoms with Gasteiger partial charge in [0.25, 0.3) is 10.0 Å². The van der Waals surface area contributed by atoms with Gasteiger partial charge in [0.1, 0.15) is 0 Å². The molecule has 0 aliphatic rings. The average Bonchev–Trinajstić information content (AvgIpc) is 3.02. The molecule has 0 saturated heterocycles. The molecule has 0 aliphatic carbocycles. The van der Waals surface area contributed by atoms with Crippen molar-refractivity contribution in [1.29, 1.82) is 0 Å². The summed E-state index contributed by atoms with van der Waals surface area (Å²) in [7, 11) is -3.73. The molecule has 0 atom stereocenters. The first-order valence-corrected chi connectivity index (χ1v) is 9.83. The lowest BCUT2D eigenvalue weighted by atomic mass is 10.1. The molecule has 124 valence electrons. The molecule has 2 heterocycles. The first kappa shape index (κ1) is 16.1. The monoisotopic (exact) mass is 412 g/mol. The number of nitrogens with zero attached hydrogens (tertiary/aromatic N) is 2. The Hall–Kier alpha value is -2.44. The molecule has 4 nitrogen and oxygen atoms in total. The molecule has 6 heteroatoms. The van der Waals surface area contributed by atoms with Crippen LogP contribution in [0.4, 0.5) is 0 Å². The summed E-state index contributed by atoms with van der Waals surface area (Å²) in [5, 5.41) is 0.778. The molecular weight excluding hydrogens is 400 g/mol. The van der Waals surface area contributed by atoms with Crippen molar-refractivity contribution < 1.29 is 8.42 Å². The van der Waals surface area contributed by atoms with E-state index in [1.165, 1.54) is 3.97 Å². The number of benzene rings is 2. The van der Waals surface area contributed by atoms with Crippen molar-refractivity contribution in [3.63, 3.8) is 0 Å². The van der Waals surface area contributed by atoms with Gasteiger partial charge < -0.3 is 0 Å². The van der Waals surface area contributed by atoms with Crippen molar-refractivity contribution in [3.05, 3.63) is 83.6 Å². The van der Waals surface area contributed by atoms with E-state index in [1.807, 2.05) is 36.4 Å². The third-order valence-electron chi connectivity index (χ3n) is 3.96. The SMILES string of the molecule is O=S(=O)(c1ccccc1)n1cc(-c2ccccc2)c2cc(Br)cnc21. The van der Waals surface area contributed by atoms with Crippen LogP contribution in [-0.2, 0) is 10.0 Å². The first-order chi connectivity index (χ1) is 12.1. The van der Waals surface area contributed by atoms with Gasteiger partial charge in [-0.2, -0.15) is 0 Å². The van der Waals surface area contributed by atoms with Crippen LogP contribution >= 0.6 is 15.9 Å². The van der Waals surface area contributed by atoms with Gasteiger partial charge >= 0.3 is 0 Å². The van der Waals surface area contributed by atoms with Gasteiger partial charge in [0.15, 0.2) is 5.65 Å². The van der Waals surface area contributed by atoms with Crippen molar-refractivity contribution >= 4 is 37.0 Å².